The Labute approximate surface area is 110 Å². The van der Waals surface area contributed by atoms with Gasteiger partial charge in [-0.3, -0.25) is 0 Å². The fraction of sp³-hybridized carbons (Fsp3) is 0.571. The highest BCUT2D eigenvalue weighted by Gasteiger charge is 2.15. The first kappa shape index (κ1) is 14.3. The molecule has 0 aromatic heterocycles. The number of hydrogen-bond acceptors (Lipinski definition) is 2. The molecule has 0 aliphatic carbocycles. The van der Waals surface area contributed by atoms with Crippen LogP contribution in [-0.2, 0) is 6.54 Å². The fourth-order valence-corrected chi connectivity index (χ4v) is 2.12. The predicted octanol–water partition coefficient (Wildman–Crippen LogP) is 3.67. The number of rotatable bonds is 5. The van der Waals surface area contributed by atoms with Crippen molar-refractivity contribution in [2.75, 3.05) is 11.4 Å². The van der Waals surface area contributed by atoms with Crippen molar-refractivity contribution in [2.24, 2.45) is 11.7 Å². The molecule has 0 aliphatic rings. The average Bonchev–Trinajstić information content (AvgIpc) is 2.25. The van der Waals surface area contributed by atoms with Gasteiger partial charge in [0.25, 0.3) is 0 Å². The Hall–Kier alpha value is -0.730. The van der Waals surface area contributed by atoms with E-state index in [0.29, 0.717) is 18.5 Å². The molecule has 96 valence electrons. The standard InChI is InChI=1S/C14H23ClN2/c1-10(2)9-17(11(3)4)14-7-13(15)6-5-12(14)8-16/h5-7,10-11H,8-9,16H2,1-4H3. The molecule has 1 aromatic carbocycles. The van der Waals surface area contributed by atoms with Crippen LogP contribution in [0.3, 0.4) is 0 Å². The summed E-state index contributed by atoms with van der Waals surface area (Å²) < 4.78 is 0. The largest absolute Gasteiger partial charge is 0.369 e. The molecule has 0 aliphatic heterocycles. The van der Waals surface area contributed by atoms with E-state index in [-0.39, 0.29) is 0 Å². The van der Waals surface area contributed by atoms with Gasteiger partial charge in [0.2, 0.25) is 0 Å². The second kappa shape index (κ2) is 6.27. The first-order valence-corrected chi connectivity index (χ1v) is 6.58. The Morgan fingerprint density at radius 1 is 1.24 bits per heavy atom. The van der Waals surface area contributed by atoms with Crippen LogP contribution in [0.4, 0.5) is 5.69 Å². The summed E-state index contributed by atoms with van der Waals surface area (Å²) in [6, 6.07) is 6.39. The molecule has 3 heteroatoms. The van der Waals surface area contributed by atoms with E-state index in [2.05, 4.69) is 32.6 Å². The number of nitrogens with two attached hydrogens (primary N) is 1. The van der Waals surface area contributed by atoms with Crippen molar-refractivity contribution in [1.29, 1.82) is 0 Å². The van der Waals surface area contributed by atoms with Gasteiger partial charge in [-0.1, -0.05) is 31.5 Å². The molecule has 0 spiro atoms. The maximum Gasteiger partial charge on any atom is 0.0429 e. The van der Waals surface area contributed by atoms with Crippen molar-refractivity contribution < 1.29 is 0 Å². The lowest BCUT2D eigenvalue weighted by molar-refractivity contribution is 0.569. The van der Waals surface area contributed by atoms with Gasteiger partial charge >= 0.3 is 0 Å². The number of anilines is 1. The molecule has 0 saturated carbocycles. The van der Waals surface area contributed by atoms with E-state index in [9.17, 15) is 0 Å². The summed E-state index contributed by atoms with van der Waals surface area (Å²) >= 11 is 6.09. The number of benzene rings is 1. The minimum Gasteiger partial charge on any atom is -0.369 e. The molecule has 0 fully saturated rings. The van der Waals surface area contributed by atoms with E-state index in [0.717, 1.165) is 17.1 Å². The van der Waals surface area contributed by atoms with Crippen molar-refractivity contribution in [1.82, 2.24) is 0 Å². The van der Waals surface area contributed by atoms with E-state index in [1.54, 1.807) is 0 Å². The molecule has 0 atom stereocenters. The Bertz CT molecular complexity index is 361. The van der Waals surface area contributed by atoms with Crippen LogP contribution in [0, 0.1) is 5.92 Å². The van der Waals surface area contributed by atoms with Gasteiger partial charge in [0.15, 0.2) is 0 Å². The molecule has 1 aromatic rings. The van der Waals surface area contributed by atoms with Gasteiger partial charge in [0.05, 0.1) is 0 Å². The van der Waals surface area contributed by atoms with Gasteiger partial charge in [-0.2, -0.15) is 0 Å². The Balaban J connectivity index is 3.11. The molecule has 0 radical (unpaired) electrons. The van der Waals surface area contributed by atoms with Gasteiger partial charge in [-0.15, -0.1) is 0 Å². The number of hydrogen-bond donors (Lipinski definition) is 1. The molecule has 2 N–H and O–H groups in total. The molecule has 0 saturated heterocycles. The van der Waals surface area contributed by atoms with Crippen LogP contribution in [-0.4, -0.2) is 12.6 Å². The molecule has 0 amide bonds. The third-order valence-electron chi connectivity index (χ3n) is 2.76. The lowest BCUT2D eigenvalue weighted by atomic mass is 10.1. The van der Waals surface area contributed by atoms with Gasteiger partial charge in [0, 0.05) is 29.8 Å². The van der Waals surface area contributed by atoms with E-state index in [4.69, 9.17) is 17.3 Å². The summed E-state index contributed by atoms with van der Waals surface area (Å²) in [5.41, 5.74) is 8.13. The first-order chi connectivity index (χ1) is 7.95. The summed E-state index contributed by atoms with van der Waals surface area (Å²) in [5, 5.41) is 0.770. The maximum atomic E-state index is 6.09. The zero-order valence-electron chi connectivity index (χ0n) is 11.2. The zero-order valence-corrected chi connectivity index (χ0v) is 12.0. The van der Waals surface area contributed by atoms with Crippen LogP contribution in [0.2, 0.25) is 5.02 Å². The molecular formula is C14H23ClN2. The third kappa shape index (κ3) is 3.90. The summed E-state index contributed by atoms with van der Waals surface area (Å²) in [6.07, 6.45) is 0. The van der Waals surface area contributed by atoms with Gasteiger partial charge in [-0.25, -0.2) is 0 Å². The van der Waals surface area contributed by atoms with Crippen molar-refractivity contribution in [3.8, 4) is 0 Å². The van der Waals surface area contributed by atoms with Crippen LogP contribution in [0.15, 0.2) is 18.2 Å². The van der Waals surface area contributed by atoms with Crippen molar-refractivity contribution in [3.63, 3.8) is 0 Å². The SMILES string of the molecule is CC(C)CN(c1cc(Cl)ccc1CN)C(C)C. The average molecular weight is 255 g/mol. The van der Waals surface area contributed by atoms with Gasteiger partial charge in [-0.05, 0) is 37.5 Å². The molecular weight excluding hydrogens is 232 g/mol. The molecule has 0 bridgehead atoms. The van der Waals surface area contributed by atoms with E-state index in [1.807, 2.05) is 18.2 Å². The molecule has 2 nitrogen and oxygen atoms in total. The first-order valence-electron chi connectivity index (χ1n) is 6.20. The number of halogens is 1. The topological polar surface area (TPSA) is 29.3 Å². The third-order valence-corrected chi connectivity index (χ3v) is 3.00. The summed E-state index contributed by atoms with van der Waals surface area (Å²) in [4.78, 5) is 2.37. The highest BCUT2D eigenvalue weighted by molar-refractivity contribution is 6.30. The second-order valence-electron chi connectivity index (χ2n) is 5.12. The van der Waals surface area contributed by atoms with Crippen LogP contribution in [0.25, 0.3) is 0 Å². The quantitative estimate of drug-likeness (QED) is 0.869. The van der Waals surface area contributed by atoms with E-state index < -0.39 is 0 Å². The summed E-state index contributed by atoms with van der Waals surface area (Å²) in [6.45, 7) is 10.4. The van der Waals surface area contributed by atoms with Gasteiger partial charge in [0.1, 0.15) is 0 Å². The fourth-order valence-electron chi connectivity index (χ4n) is 1.96. The van der Waals surface area contributed by atoms with Crippen molar-refractivity contribution >= 4 is 17.3 Å². The minimum atomic E-state index is 0.446. The molecule has 0 heterocycles. The zero-order chi connectivity index (χ0) is 13.0. The van der Waals surface area contributed by atoms with E-state index >= 15 is 0 Å². The van der Waals surface area contributed by atoms with Crippen molar-refractivity contribution in [2.45, 2.75) is 40.3 Å². The Morgan fingerprint density at radius 2 is 1.88 bits per heavy atom. The second-order valence-corrected chi connectivity index (χ2v) is 5.55. The summed E-state index contributed by atoms with van der Waals surface area (Å²) in [5.74, 6) is 0.613. The summed E-state index contributed by atoms with van der Waals surface area (Å²) in [7, 11) is 0. The Kier molecular flexibility index (Phi) is 5.29. The highest BCUT2D eigenvalue weighted by Crippen LogP contribution is 2.27. The Morgan fingerprint density at radius 3 is 2.35 bits per heavy atom. The predicted molar refractivity (Wildman–Crippen MR) is 76.7 cm³/mol. The monoisotopic (exact) mass is 254 g/mol. The van der Waals surface area contributed by atoms with Crippen molar-refractivity contribution in [3.05, 3.63) is 28.8 Å². The molecule has 0 unspecified atom stereocenters. The minimum absolute atomic E-state index is 0.446. The van der Waals surface area contributed by atoms with Crippen LogP contribution < -0.4 is 10.6 Å². The van der Waals surface area contributed by atoms with E-state index in [1.165, 1.54) is 5.69 Å². The normalized spacial score (nSPS) is 11.3. The van der Waals surface area contributed by atoms with Crippen LogP contribution in [0.5, 0.6) is 0 Å². The lowest BCUT2D eigenvalue weighted by Gasteiger charge is -2.32. The van der Waals surface area contributed by atoms with Crippen LogP contribution in [0.1, 0.15) is 33.3 Å². The smallest absolute Gasteiger partial charge is 0.0429 e. The molecule has 17 heavy (non-hydrogen) atoms. The lowest BCUT2D eigenvalue weighted by Crippen LogP contribution is -2.35. The highest BCUT2D eigenvalue weighted by atomic mass is 35.5. The molecule has 1 rings (SSSR count). The van der Waals surface area contributed by atoms with Crippen LogP contribution >= 0.6 is 11.6 Å². The number of nitrogens with zero attached hydrogens (tertiary/aromatic N) is 1. The maximum absolute atomic E-state index is 6.09. The van der Waals surface area contributed by atoms with Gasteiger partial charge < -0.3 is 10.6 Å².